The summed E-state index contributed by atoms with van der Waals surface area (Å²) in [6, 6.07) is 75.2. The van der Waals surface area contributed by atoms with E-state index in [1.165, 1.54) is 54.6 Å². The number of rotatable bonds is 10. The minimum Gasteiger partial charge on any atom is -0.493 e. The van der Waals surface area contributed by atoms with E-state index in [4.69, 9.17) is 9.47 Å². The molecular formula is C53H44O2P2. The van der Waals surface area contributed by atoms with E-state index >= 15 is 0 Å². The third-order valence-electron chi connectivity index (χ3n) is 10.7. The second-order valence-electron chi connectivity index (χ2n) is 14.2. The van der Waals surface area contributed by atoms with E-state index in [-0.39, 0.29) is 0 Å². The van der Waals surface area contributed by atoms with Gasteiger partial charge in [0.15, 0.2) is 0 Å². The second-order valence-corrected chi connectivity index (χ2v) is 18.6. The first-order chi connectivity index (χ1) is 28.3. The van der Waals surface area contributed by atoms with Crippen LogP contribution < -0.4 is 30.7 Å². The smallest absolute Gasteiger partial charge is 0.127 e. The van der Waals surface area contributed by atoms with Crippen molar-refractivity contribution in [1.29, 1.82) is 0 Å². The molecule has 0 atom stereocenters. The van der Waals surface area contributed by atoms with Gasteiger partial charge in [-0.05, 0) is 82.6 Å². The molecular weight excluding hydrogens is 731 g/mol. The van der Waals surface area contributed by atoms with E-state index in [1.807, 2.05) is 0 Å². The van der Waals surface area contributed by atoms with Crippen molar-refractivity contribution >= 4 is 37.1 Å². The molecule has 1 aliphatic heterocycles. The maximum Gasteiger partial charge on any atom is 0.127 e. The Kier molecular flexibility index (Phi) is 11.4. The molecule has 0 N–H and O–H groups in total. The Bertz CT molecular complexity index is 2270. The molecule has 0 saturated heterocycles. The molecule has 0 radical (unpaired) electrons. The van der Waals surface area contributed by atoms with E-state index in [1.54, 1.807) is 0 Å². The fraction of sp³-hybridized carbons (Fsp3) is 0.0943. The van der Waals surface area contributed by atoms with Crippen LogP contribution in [0.4, 0.5) is 0 Å². The largest absolute Gasteiger partial charge is 0.493 e. The van der Waals surface area contributed by atoms with Gasteiger partial charge in [0.25, 0.3) is 0 Å². The molecule has 4 heteroatoms. The summed E-state index contributed by atoms with van der Waals surface area (Å²) in [5.74, 6) is 1.84. The zero-order valence-electron chi connectivity index (χ0n) is 31.9. The van der Waals surface area contributed by atoms with Crippen molar-refractivity contribution in [3.8, 4) is 44.9 Å². The summed E-state index contributed by atoms with van der Waals surface area (Å²) in [7, 11) is -1.61. The molecule has 0 fully saturated rings. The molecule has 0 spiro atoms. The van der Waals surface area contributed by atoms with Crippen molar-refractivity contribution in [3.05, 3.63) is 217 Å². The van der Waals surface area contributed by atoms with E-state index in [9.17, 15) is 0 Å². The molecule has 8 aromatic carbocycles. The van der Waals surface area contributed by atoms with Gasteiger partial charge in [-0.3, -0.25) is 0 Å². The first kappa shape index (κ1) is 36.8. The predicted molar refractivity (Wildman–Crippen MR) is 244 cm³/mol. The summed E-state index contributed by atoms with van der Waals surface area (Å²) in [5.41, 5.74) is 9.74. The highest BCUT2D eigenvalue weighted by atomic mass is 31.1. The summed E-state index contributed by atoms with van der Waals surface area (Å²) in [4.78, 5) is 0. The minimum atomic E-state index is -0.803. The molecule has 0 aromatic heterocycles. The SMILES string of the molecule is c1ccc(-c2ccc3c(c2CP(c2ccccc2)c2ccccc2)-c2c(ccc(-c4ccccc4)c2CP(c2ccccc2)c2ccccc2)OCCCO3)cc1. The first-order valence-corrected chi connectivity index (χ1v) is 22.8. The molecule has 0 amide bonds. The highest BCUT2D eigenvalue weighted by Gasteiger charge is 2.30. The topological polar surface area (TPSA) is 18.5 Å². The Balaban J connectivity index is 1.37. The van der Waals surface area contributed by atoms with Gasteiger partial charge in [0.2, 0.25) is 0 Å². The number of hydrogen-bond acceptors (Lipinski definition) is 2. The lowest BCUT2D eigenvalue weighted by Crippen LogP contribution is -2.15. The van der Waals surface area contributed by atoms with Crippen molar-refractivity contribution in [2.45, 2.75) is 18.7 Å². The molecule has 0 saturated carbocycles. The van der Waals surface area contributed by atoms with Gasteiger partial charge in [-0.25, -0.2) is 0 Å². The van der Waals surface area contributed by atoms with Crippen molar-refractivity contribution in [1.82, 2.24) is 0 Å². The Labute approximate surface area is 339 Å². The lowest BCUT2D eigenvalue weighted by molar-refractivity contribution is 0.252. The first-order valence-electron chi connectivity index (χ1n) is 19.8. The Morgan fingerprint density at radius 2 is 0.632 bits per heavy atom. The molecule has 0 unspecified atom stereocenters. The summed E-state index contributed by atoms with van der Waals surface area (Å²) >= 11 is 0. The molecule has 8 aromatic rings. The minimum absolute atomic E-state index is 0.582. The number of fused-ring (bicyclic) bond motifs is 3. The van der Waals surface area contributed by atoms with Gasteiger partial charge in [-0.2, -0.15) is 0 Å². The van der Waals surface area contributed by atoms with E-state index in [0.717, 1.165) is 41.4 Å². The van der Waals surface area contributed by atoms with Crippen molar-refractivity contribution in [3.63, 3.8) is 0 Å². The summed E-state index contributed by atoms with van der Waals surface area (Å²) in [6.45, 7) is 1.16. The number of hydrogen-bond donors (Lipinski definition) is 0. The van der Waals surface area contributed by atoms with Crippen molar-refractivity contribution in [2.24, 2.45) is 0 Å². The van der Waals surface area contributed by atoms with E-state index in [0.29, 0.717) is 13.2 Å². The van der Waals surface area contributed by atoms with Gasteiger partial charge in [0.05, 0.1) is 13.2 Å². The quantitative estimate of drug-likeness (QED) is 0.129. The van der Waals surface area contributed by atoms with Crippen LogP contribution in [-0.4, -0.2) is 13.2 Å². The molecule has 2 nitrogen and oxygen atoms in total. The third kappa shape index (κ3) is 8.08. The summed E-state index contributed by atoms with van der Waals surface area (Å²) in [5, 5.41) is 5.41. The van der Waals surface area contributed by atoms with Crippen LogP contribution in [0.3, 0.4) is 0 Å². The highest BCUT2D eigenvalue weighted by Crippen LogP contribution is 2.54. The molecule has 9 rings (SSSR count). The van der Waals surface area contributed by atoms with Crippen LogP contribution in [-0.2, 0) is 12.3 Å². The van der Waals surface area contributed by atoms with Crippen molar-refractivity contribution < 1.29 is 9.47 Å². The normalized spacial score (nSPS) is 12.4. The fourth-order valence-corrected chi connectivity index (χ4v) is 12.7. The van der Waals surface area contributed by atoms with Gasteiger partial charge in [-0.15, -0.1) is 0 Å². The zero-order chi connectivity index (χ0) is 38.2. The maximum absolute atomic E-state index is 6.90. The van der Waals surface area contributed by atoms with Gasteiger partial charge in [-0.1, -0.05) is 194 Å². The average molecular weight is 775 g/mol. The highest BCUT2D eigenvalue weighted by molar-refractivity contribution is 7.72. The Morgan fingerprint density at radius 3 is 0.947 bits per heavy atom. The van der Waals surface area contributed by atoms with E-state index < -0.39 is 15.8 Å². The lowest BCUT2D eigenvalue weighted by Gasteiger charge is -2.28. The fourth-order valence-electron chi connectivity index (χ4n) is 7.98. The van der Waals surface area contributed by atoms with Crippen LogP contribution in [0.1, 0.15) is 17.5 Å². The molecule has 0 aliphatic carbocycles. The van der Waals surface area contributed by atoms with Crippen LogP contribution in [0.5, 0.6) is 11.5 Å². The molecule has 57 heavy (non-hydrogen) atoms. The van der Waals surface area contributed by atoms with Crippen LogP contribution in [0.25, 0.3) is 33.4 Å². The van der Waals surface area contributed by atoms with Crippen LogP contribution >= 0.6 is 15.8 Å². The lowest BCUT2D eigenvalue weighted by atomic mass is 9.86. The molecule has 1 heterocycles. The molecule has 1 aliphatic rings. The van der Waals surface area contributed by atoms with Crippen LogP contribution in [0, 0.1) is 0 Å². The van der Waals surface area contributed by atoms with Crippen LogP contribution in [0.2, 0.25) is 0 Å². The average Bonchev–Trinajstić information content (AvgIpc) is 3.38. The number of ether oxygens (including phenoxy) is 2. The van der Waals surface area contributed by atoms with Gasteiger partial charge < -0.3 is 9.47 Å². The number of benzene rings is 8. The molecule has 0 bridgehead atoms. The summed E-state index contributed by atoms with van der Waals surface area (Å²) < 4.78 is 13.8. The Morgan fingerprint density at radius 1 is 0.333 bits per heavy atom. The second kappa shape index (κ2) is 17.6. The maximum atomic E-state index is 6.90. The molecule has 278 valence electrons. The monoisotopic (exact) mass is 774 g/mol. The van der Waals surface area contributed by atoms with Gasteiger partial charge >= 0.3 is 0 Å². The van der Waals surface area contributed by atoms with Crippen LogP contribution in [0.15, 0.2) is 206 Å². The van der Waals surface area contributed by atoms with Crippen molar-refractivity contribution in [2.75, 3.05) is 13.2 Å². The zero-order valence-corrected chi connectivity index (χ0v) is 33.7. The summed E-state index contributed by atoms with van der Waals surface area (Å²) in [6.07, 6.45) is 2.47. The Hall–Kier alpha value is -5.78. The van der Waals surface area contributed by atoms with E-state index in [2.05, 4.69) is 206 Å². The van der Waals surface area contributed by atoms with Gasteiger partial charge in [0.1, 0.15) is 11.5 Å². The predicted octanol–water partition coefficient (Wildman–Crippen LogP) is 12.1. The third-order valence-corrected chi connectivity index (χ3v) is 15.6. The van der Waals surface area contributed by atoms with Gasteiger partial charge in [0, 0.05) is 29.9 Å². The standard InChI is InChI=1S/C53H44O2P2/c1-7-20-40(21-8-1)46-32-34-50-52(48(46)38-56(42-24-11-3-12-25-42)43-26-13-4-14-27-43)53-49(39-57(44-28-15-5-16-29-44)45-30-17-6-18-31-45)47(41-22-9-2-10-23-41)33-35-51(53)55-37-19-36-54-50/h1-18,20-35H,19,36-39H2.